The van der Waals surface area contributed by atoms with Crippen molar-refractivity contribution in [1.82, 2.24) is 9.88 Å². The Kier molecular flexibility index (Phi) is 4.07. The second kappa shape index (κ2) is 5.14. The van der Waals surface area contributed by atoms with Crippen LogP contribution in [0.3, 0.4) is 0 Å². The van der Waals surface area contributed by atoms with E-state index in [4.69, 9.17) is 15.9 Å². The van der Waals surface area contributed by atoms with Crippen LogP contribution in [0.4, 0.5) is 0 Å². The van der Waals surface area contributed by atoms with Crippen LogP contribution >= 0.6 is 0 Å². The standard InChI is InChI=1S/C12H20N4O/c1-12(2,16(3)4)8-17-10-7-9(11(13)14)5-6-15-10/h5-7H,8H2,1-4H3,(H3,13,14). The summed E-state index contributed by atoms with van der Waals surface area (Å²) in [5.41, 5.74) is 5.95. The summed E-state index contributed by atoms with van der Waals surface area (Å²) < 4.78 is 5.62. The predicted molar refractivity (Wildman–Crippen MR) is 68.5 cm³/mol. The molecule has 0 aliphatic rings. The number of aromatic nitrogens is 1. The molecule has 1 heterocycles. The highest BCUT2D eigenvalue weighted by Crippen LogP contribution is 2.14. The van der Waals surface area contributed by atoms with Gasteiger partial charge in [-0.05, 0) is 34.0 Å². The fourth-order valence-electron chi connectivity index (χ4n) is 1.04. The van der Waals surface area contributed by atoms with E-state index in [2.05, 4.69) is 23.7 Å². The number of rotatable bonds is 5. The van der Waals surface area contributed by atoms with Crippen molar-refractivity contribution >= 4 is 5.84 Å². The van der Waals surface area contributed by atoms with Crippen LogP contribution in [-0.2, 0) is 0 Å². The molecule has 94 valence electrons. The summed E-state index contributed by atoms with van der Waals surface area (Å²) in [6.45, 7) is 4.69. The number of ether oxygens (including phenoxy) is 1. The van der Waals surface area contributed by atoms with Crippen molar-refractivity contribution < 1.29 is 4.74 Å². The van der Waals surface area contributed by atoms with Crippen LogP contribution in [0.2, 0.25) is 0 Å². The van der Waals surface area contributed by atoms with Crippen molar-refractivity contribution in [3.05, 3.63) is 23.9 Å². The minimum absolute atomic E-state index is 0.0177. The molecule has 0 aliphatic heterocycles. The third-order valence-corrected chi connectivity index (χ3v) is 2.83. The van der Waals surface area contributed by atoms with Crippen LogP contribution < -0.4 is 10.5 Å². The maximum absolute atomic E-state index is 7.34. The van der Waals surface area contributed by atoms with Crippen LogP contribution in [0.1, 0.15) is 19.4 Å². The summed E-state index contributed by atoms with van der Waals surface area (Å²) in [4.78, 5) is 6.18. The largest absolute Gasteiger partial charge is 0.476 e. The summed E-state index contributed by atoms with van der Waals surface area (Å²) in [6, 6.07) is 3.36. The lowest BCUT2D eigenvalue weighted by Crippen LogP contribution is -2.43. The average Bonchev–Trinajstić information content (AvgIpc) is 2.26. The number of likely N-dealkylation sites (N-methyl/N-ethyl adjacent to an activating group) is 1. The van der Waals surface area contributed by atoms with Crippen molar-refractivity contribution in [2.45, 2.75) is 19.4 Å². The van der Waals surface area contributed by atoms with E-state index in [1.807, 2.05) is 14.1 Å². The number of nitrogens with two attached hydrogens (primary N) is 1. The van der Waals surface area contributed by atoms with E-state index in [0.29, 0.717) is 18.1 Å². The van der Waals surface area contributed by atoms with Crippen LogP contribution in [0, 0.1) is 5.41 Å². The average molecular weight is 236 g/mol. The third-order valence-electron chi connectivity index (χ3n) is 2.83. The number of nitrogens with zero attached hydrogens (tertiary/aromatic N) is 2. The van der Waals surface area contributed by atoms with Crippen molar-refractivity contribution in [3.63, 3.8) is 0 Å². The monoisotopic (exact) mass is 236 g/mol. The van der Waals surface area contributed by atoms with E-state index in [-0.39, 0.29) is 11.4 Å². The van der Waals surface area contributed by atoms with Crippen LogP contribution in [0.25, 0.3) is 0 Å². The van der Waals surface area contributed by atoms with Gasteiger partial charge in [0.15, 0.2) is 0 Å². The van der Waals surface area contributed by atoms with Crippen LogP contribution in [0.5, 0.6) is 5.88 Å². The third kappa shape index (κ3) is 3.71. The Labute approximate surface area is 102 Å². The van der Waals surface area contributed by atoms with E-state index in [9.17, 15) is 0 Å². The molecule has 0 aliphatic carbocycles. The summed E-state index contributed by atoms with van der Waals surface area (Å²) >= 11 is 0. The first-order valence-electron chi connectivity index (χ1n) is 5.43. The SMILES string of the molecule is CN(C)C(C)(C)COc1cc(C(=N)N)ccn1. The van der Waals surface area contributed by atoms with Gasteiger partial charge in [0, 0.05) is 23.4 Å². The molecular weight excluding hydrogens is 216 g/mol. The quantitative estimate of drug-likeness (QED) is 0.592. The first-order chi connectivity index (χ1) is 7.83. The maximum Gasteiger partial charge on any atom is 0.213 e. The highest BCUT2D eigenvalue weighted by molar-refractivity contribution is 5.95. The van der Waals surface area contributed by atoms with Gasteiger partial charge >= 0.3 is 0 Å². The number of nitrogen functional groups attached to an aromatic ring is 1. The Hall–Kier alpha value is -1.62. The number of pyridine rings is 1. The number of nitrogens with one attached hydrogen (secondary N) is 1. The molecule has 1 aromatic heterocycles. The smallest absolute Gasteiger partial charge is 0.213 e. The summed E-state index contributed by atoms with van der Waals surface area (Å²) in [7, 11) is 4.01. The van der Waals surface area contributed by atoms with Gasteiger partial charge in [-0.2, -0.15) is 0 Å². The highest BCUT2D eigenvalue weighted by atomic mass is 16.5. The normalized spacial score (nSPS) is 11.6. The molecule has 0 spiro atoms. The molecule has 3 N–H and O–H groups in total. The molecule has 1 aromatic rings. The predicted octanol–water partition coefficient (Wildman–Crippen LogP) is 1.08. The van der Waals surface area contributed by atoms with E-state index in [1.54, 1.807) is 18.3 Å². The number of hydrogen-bond donors (Lipinski definition) is 2. The fourth-order valence-corrected chi connectivity index (χ4v) is 1.04. The zero-order valence-electron chi connectivity index (χ0n) is 10.8. The first-order valence-corrected chi connectivity index (χ1v) is 5.43. The van der Waals surface area contributed by atoms with E-state index in [1.165, 1.54) is 0 Å². The molecule has 0 aromatic carbocycles. The van der Waals surface area contributed by atoms with Gasteiger partial charge in [0.25, 0.3) is 0 Å². The second-order valence-corrected chi connectivity index (χ2v) is 4.79. The van der Waals surface area contributed by atoms with Gasteiger partial charge in [-0.25, -0.2) is 4.98 Å². The molecule has 0 radical (unpaired) electrons. The van der Waals surface area contributed by atoms with E-state index >= 15 is 0 Å². The molecule has 1 rings (SSSR count). The minimum Gasteiger partial charge on any atom is -0.476 e. The van der Waals surface area contributed by atoms with Crippen molar-refractivity contribution in [2.75, 3.05) is 20.7 Å². The molecule has 0 fully saturated rings. The fraction of sp³-hybridized carbons (Fsp3) is 0.500. The van der Waals surface area contributed by atoms with Crippen LogP contribution in [-0.4, -0.2) is 42.0 Å². The molecule has 5 heteroatoms. The molecule has 17 heavy (non-hydrogen) atoms. The molecule has 0 saturated carbocycles. The lowest BCUT2D eigenvalue weighted by atomic mass is 10.1. The zero-order valence-corrected chi connectivity index (χ0v) is 10.8. The van der Waals surface area contributed by atoms with Gasteiger partial charge in [-0.1, -0.05) is 0 Å². The van der Waals surface area contributed by atoms with Crippen molar-refractivity contribution in [3.8, 4) is 5.88 Å². The van der Waals surface area contributed by atoms with Gasteiger partial charge in [0.2, 0.25) is 5.88 Å². The number of hydrogen-bond acceptors (Lipinski definition) is 4. The lowest BCUT2D eigenvalue weighted by Gasteiger charge is -2.31. The molecule has 5 nitrogen and oxygen atoms in total. The molecule has 0 amide bonds. The van der Waals surface area contributed by atoms with Gasteiger partial charge in [0.05, 0.1) is 0 Å². The molecule has 0 bridgehead atoms. The van der Waals surface area contributed by atoms with Crippen LogP contribution in [0.15, 0.2) is 18.3 Å². The Balaban J connectivity index is 2.70. The first kappa shape index (κ1) is 13.4. The summed E-state index contributed by atoms with van der Waals surface area (Å²) in [6.07, 6.45) is 1.59. The summed E-state index contributed by atoms with van der Waals surface area (Å²) in [5.74, 6) is 0.511. The Morgan fingerprint density at radius 2 is 2.18 bits per heavy atom. The van der Waals surface area contributed by atoms with E-state index in [0.717, 1.165) is 0 Å². The number of amidine groups is 1. The second-order valence-electron chi connectivity index (χ2n) is 4.79. The lowest BCUT2D eigenvalue weighted by molar-refractivity contribution is 0.111. The topological polar surface area (TPSA) is 75.2 Å². The van der Waals surface area contributed by atoms with Gasteiger partial charge in [0.1, 0.15) is 12.4 Å². The van der Waals surface area contributed by atoms with E-state index < -0.39 is 0 Å². The Bertz CT molecular complexity index is 401. The van der Waals surface area contributed by atoms with Crippen molar-refractivity contribution in [2.24, 2.45) is 5.73 Å². The van der Waals surface area contributed by atoms with Gasteiger partial charge in [-0.15, -0.1) is 0 Å². The zero-order chi connectivity index (χ0) is 13.1. The molecule has 0 atom stereocenters. The molecule has 0 saturated heterocycles. The Morgan fingerprint density at radius 1 is 1.53 bits per heavy atom. The van der Waals surface area contributed by atoms with Gasteiger partial charge in [-0.3, -0.25) is 5.41 Å². The summed E-state index contributed by atoms with van der Waals surface area (Å²) in [5, 5.41) is 7.34. The maximum atomic E-state index is 7.34. The molecular formula is C12H20N4O. The molecule has 0 unspecified atom stereocenters. The van der Waals surface area contributed by atoms with Gasteiger partial charge < -0.3 is 15.4 Å². The highest BCUT2D eigenvalue weighted by Gasteiger charge is 2.21. The Morgan fingerprint density at radius 3 is 2.71 bits per heavy atom. The van der Waals surface area contributed by atoms with Crippen molar-refractivity contribution in [1.29, 1.82) is 5.41 Å². The minimum atomic E-state index is -0.0755.